The van der Waals surface area contributed by atoms with Gasteiger partial charge in [-0.15, -0.1) is 0 Å². The third-order valence-electron chi connectivity index (χ3n) is 6.38. The summed E-state index contributed by atoms with van der Waals surface area (Å²) in [7, 11) is 1.72. The monoisotopic (exact) mass is 397 g/mol. The number of rotatable bonds is 9. The fourth-order valence-corrected chi connectivity index (χ4v) is 4.53. The van der Waals surface area contributed by atoms with Crippen LogP contribution in [0.2, 0.25) is 0 Å². The van der Waals surface area contributed by atoms with Gasteiger partial charge in [0, 0.05) is 35.4 Å². The molecule has 2 heterocycles. The van der Waals surface area contributed by atoms with Crippen LogP contribution in [-0.2, 0) is 12.8 Å². The van der Waals surface area contributed by atoms with Gasteiger partial charge in [0.05, 0.1) is 19.2 Å². The van der Waals surface area contributed by atoms with Gasteiger partial charge in [-0.3, -0.25) is 4.98 Å². The molecule has 29 heavy (non-hydrogen) atoms. The van der Waals surface area contributed by atoms with Crippen LogP contribution in [0.5, 0.6) is 11.5 Å². The van der Waals surface area contributed by atoms with Crippen molar-refractivity contribution in [3.8, 4) is 11.5 Å². The summed E-state index contributed by atoms with van der Waals surface area (Å²) in [5.74, 6) is 1.60. The van der Waals surface area contributed by atoms with Crippen molar-refractivity contribution in [2.24, 2.45) is 0 Å². The molecule has 4 rings (SSSR count). The normalized spacial score (nSPS) is 17.5. The van der Waals surface area contributed by atoms with Crippen LogP contribution in [0, 0.1) is 0 Å². The summed E-state index contributed by atoms with van der Waals surface area (Å²) in [6, 6.07) is 4.61. The van der Waals surface area contributed by atoms with Crippen LogP contribution in [-0.4, -0.2) is 49.3 Å². The summed E-state index contributed by atoms with van der Waals surface area (Å²) in [6.07, 6.45) is 8.16. The Morgan fingerprint density at radius 2 is 1.97 bits per heavy atom. The van der Waals surface area contributed by atoms with Crippen molar-refractivity contribution in [3.05, 3.63) is 23.4 Å². The molecule has 0 radical (unpaired) electrons. The zero-order valence-corrected chi connectivity index (χ0v) is 18.2. The van der Waals surface area contributed by atoms with Crippen molar-refractivity contribution in [1.82, 2.24) is 9.88 Å². The number of benzene rings is 1. The summed E-state index contributed by atoms with van der Waals surface area (Å²) in [5.41, 5.74) is 4.88. The number of nitrogens with one attached hydrogen (secondary N) is 1. The van der Waals surface area contributed by atoms with E-state index >= 15 is 0 Å². The molecule has 5 heteroatoms. The predicted molar refractivity (Wildman–Crippen MR) is 119 cm³/mol. The standard InChI is InChI=1S/C24H35N3O2/c1-4-17(2)25-24-18-9-7-10-20(18)26-21-16-23(22(28-3)15-19(21)24)29-14-8-13-27-11-5-6-12-27/h15-17H,4-14H2,1-3H3,(H,25,26). The van der Waals surface area contributed by atoms with E-state index in [1.54, 1.807) is 7.11 Å². The van der Waals surface area contributed by atoms with Gasteiger partial charge in [0.2, 0.25) is 0 Å². The fraction of sp³-hybridized carbons (Fsp3) is 0.625. The first-order valence-corrected chi connectivity index (χ1v) is 11.3. The third-order valence-corrected chi connectivity index (χ3v) is 6.38. The lowest BCUT2D eigenvalue weighted by Crippen LogP contribution is -2.22. The predicted octanol–water partition coefficient (Wildman–Crippen LogP) is 4.81. The van der Waals surface area contributed by atoms with Crippen molar-refractivity contribution < 1.29 is 9.47 Å². The molecule has 1 aliphatic carbocycles. The third kappa shape index (κ3) is 4.45. The highest BCUT2D eigenvalue weighted by atomic mass is 16.5. The molecule has 1 aromatic heterocycles. The molecule has 0 bridgehead atoms. The van der Waals surface area contributed by atoms with Gasteiger partial charge in [0.25, 0.3) is 0 Å². The molecule has 0 spiro atoms. The summed E-state index contributed by atoms with van der Waals surface area (Å²) < 4.78 is 11.8. The highest BCUT2D eigenvalue weighted by molar-refractivity contribution is 5.96. The fourth-order valence-electron chi connectivity index (χ4n) is 4.53. The molecule has 2 aliphatic rings. The highest BCUT2D eigenvalue weighted by Crippen LogP contribution is 2.40. The maximum Gasteiger partial charge on any atom is 0.163 e. The molecule has 1 aromatic carbocycles. The van der Waals surface area contributed by atoms with E-state index in [0.29, 0.717) is 12.6 Å². The summed E-state index contributed by atoms with van der Waals surface area (Å²) in [6.45, 7) is 8.76. The Morgan fingerprint density at radius 3 is 2.72 bits per heavy atom. The number of anilines is 1. The Balaban J connectivity index is 1.58. The van der Waals surface area contributed by atoms with E-state index in [-0.39, 0.29) is 0 Å². The molecule has 1 atom stereocenters. The minimum atomic E-state index is 0.429. The number of aryl methyl sites for hydroxylation is 1. The number of methoxy groups -OCH3 is 1. The van der Waals surface area contributed by atoms with Crippen LogP contribution in [0.1, 0.15) is 57.2 Å². The molecule has 2 aromatic rings. The van der Waals surface area contributed by atoms with Gasteiger partial charge in [-0.1, -0.05) is 6.92 Å². The van der Waals surface area contributed by atoms with Gasteiger partial charge in [0.15, 0.2) is 11.5 Å². The highest BCUT2D eigenvalue weighted by Gasteiger charge is 2.22. The average Bonchev–Trinajstić information content (AvgIpc) is 3.42. The number of pyridine rings is 1. The van der Waals surface area contributed by atoms with Gasteiger partial charge in [-0.25, -0.2) is 0 Å². The SMILES string of the molecule is CCC(C)Nc1c2c(nc3cc(OCCCN4CCCC4)c(OC)cc13)CCC2. The van der Waals surface area contributed by atoms with Crippen molar-refractivity contribution in [2.45, 2.75) is 64.8 Å². The van der Waals surface area contributed by atoms with Crippen LogP contribution in [0.3, 0.4) is 0 Å². The van der Waals surface area contributed by atoms with E-state index in [2.05, 4.69) is 36.2 Å². The molecule has 0 amide bonds. The largest absolute Gasteiger partial charge is 0.493 e. The van der Waals surface area contributed by atoms with Gasteiger partial charge < -0.3 is 19.7 Å². The molecule has 1 N–H and O–H groups in total. The van der Waals surface area contributed by atoms with Crippen molar-refractivity contribution in [3.63, 3.8) is 0 Å². The number of hydrogen-bond acceptors (Lipinski definition) is 5. The smallest absolute Gasteiger partial charge is 0.163 e. The molecule has 1 unspecified atom stereocenters. The van der Waals surface area contributed by atoms with E-state index < -0.39 is 0 Å². The lowest BCUT2D eigenvalue weighted by atomic mass is 10.0. The van der Waals surface area contributed by atoms with Crippen LogP contribution in [0.15, 0.2) is 12.1 Å². The summed E-state index contributed by atoms with van der Waals surface area (Å²) in [5, 5.41) is 4.89. The van der Waals surface area contributed by atoms with Gasteiger partial charge in [0.1, 0.15) is 0 Å². The maximum absolute atomic E-state index is 6.15. The Bertz CT molecular complexity index is 846. The van der Waals surface area contributed by atoms with Crippen molar-refractivity contribution >= 4 is 16.6 Å². The van der Waals surface area contributed by atoms with Gasteiger partial charge >= 0.3 is 0 Å². The van der Waals surface area contributed by atoms with E-state index in [1.165, 1.54) is 49.3 Å². The molecule has 158 valence electrons. The molecule has 1 saturated heterocycles. The lowest BCUT2D eigenvalue weighted by molar-refractivity contribution is 0.254. The second kappa shape index (κ2) is 9.21. The molecule has 5 nitrogen and oxygen atoms in total. The Labute approximate surface area is 174 Å². The summed E-state index contributed by atoms with van der Waals surface area (Å²) >= 11 is 0. The first kappa shape index (κ1) is 20.3. The number of ether oxygens (including phenoxy) is 2. The Kier molecular flexibility index (Phi) is 6.43. The zero-order valence-electron chi connectivity index (χ0n) is 18.2. The second-order valence-electron chi connectivity index (χ2n) is 8.49. The van der Waals surface area contributed by atoms with Crippen LogP contribution >= 0.6 is 0 Å². The van der Waals surface area contributed by atoms with Crippen LogP contribution in [0.25, 0.3) is 10.9 Å². The number of likely N-dealkylation sites (tertiary alicyclic amines) is 1. The number of aromatic nitrogens is 1. The summed E-state index contributed by atoms with van der Waals surface area (Å²) in [4.78, 5) is 7.52. The van der Waals surface area contributed by atoms with E-state index in [1.807, 2.05) is 0 Å². The lowest BCUT2D eigenvalue weighted by Gasteiger charge is -2.20. The Hall–Kier alpha value is -2.01. The number of fused-ring (bicyclic) bond motifs is 2. The van der Waals surface area contributed by atoms with E-state index in [9.17, 15) is 0 Å². The molecule has 1 aliphatic heterocycles. The molecular weight excluding hydrogens is 362 g/mol. The number of hydrogen-bond donors (Lipinski definition) is 1. The van der Waals surface area contributed by atoms with E-state index in [4.69, 9.17) is 14.5 Å². The van der Waals surface area contributed by atoms with Crippen molar-refractivity contribution in [1.29, 1.82) is 0 Å². The van der Waals surface area contributed by atoms with E-state index in [0.717, 1.165) is 54.6 Å². The molecule has 0 saturated carbocycles. The minimum Gasteiger partial charge on any atom is -0.493 e. The second-order valence-corrected chi connectivity index (χ2v) is 8.49. The zero-order chi connectivity index (χ0) is 20.2. The Morgan fingerprint density at radius 1 is 1.14 bits per heavy atom. The first-order chi connectivity index (χ1) is 14.2. The number of nitrogens with zero attached hydrogens (tertiary/aromatic N) is 2. The maximum atomic E-state index is 6.15. The van der Waals surface area contributed by atoms with Crippen molar-refractivity contribution in [2.75, 3.05) is 38.7 Å². The topological polar surface area (TPSA) is 46.6 Å². The first-order valence-electron chi connectivity index (χ1n) is 11.3. The van der Waals surface area contributed by atoms with Crippen LogP contribution in [0.4, 0.5) is 5.69 Å². The minimum absolute atomic E-state index is 0.429. The van der Waals surface area contributed by atoms with Crippen LogP contribution < -0.4 is 14.8 Å². The average molecular weight is 398 g/mol. The molecular formula is C24H35N3O2. The van der Waals surface area contributed by atoms with Gasteiger partial charge in [-0.2, -0.15) is 0 Å². The molecule has 1 fully saturated rings. The van der Waals surface area contributed by atoms with Gasteiger partial charge in [-0.05, 0) is 76.6 Å². The quantitative estimate of drug-likeness (QED) is 0.616.